The summed E-state index contributed by atoms with van der Waals surface area (Å²) < 4.78 is 0. The number of hydrogen-bond donors (Lipinski definition) is 1. The predicted octanol–water partition coefficient (Wildman–Crippen LogP) is 0.758. The highest BCUT2D eigenvalue weighted by atomic mass is 16.1. The number of aromatic nitrogens is 2. The third-order valence-corrected chi connectivity index (χ3v) is 3.25. The molecule has 0 bridgehead atoms. The van der Waals surface area contributed by atoms with Crippen LogP contribution in [0.4, 0.5) is 0 Å². The van der Waals surface area contributed by atoms with E-state index in [1.165, 1.54) is 0 Å². The Bertz CT molecular complexity index is 426. The lowest BCUT2D eigenvalue weighted by atomic mass is 9.97. The number of piperidine rings is 1. The molecule has 5 heteroatoms. The standard InChI is InChI=1S/C13H20N4O/c1-9-6-10(2)16-13(15-9)11-4-3-5-17(7-11)8-12(14)18/h6,11H,3-5,7-8H2,1-2H3,(H2,14,18)/t11-/m0/s1. The summed E-state index contributed by atoms with van der Waals surface area (Å²) >= 11 is 0. The minimum absolute atomic E-state index is 0.267. The summed E-state index contributed by atoms with van der Waals surface area (Å²) in [5.74, 6) is 0.954. The second-order valence-corrected chi connectivity index (χ2v) is 5.05. The van der Waals surface area contributed by atoms with Crippen LogP contribution in [0.25, 0.3) is 0 Å². The number of carbonyl (C=O) groups is 1. The van der Waals surface area contributed by atoms with Crippen LogP contribution in [0.3, 0.4) is 0 Å². The van der Waals surface area contributed by atoms with E-state index in [0.717, 1.165) is 43.1 Å². The van der Waals surface area contributed by atoms with Crippen molar-refractivity contribution >= 4 is 5.91 Å². The fourth-order valence-corrected chi connectivity index (χ4v) is 2.57. The highest BCUT2D eigenvalue weighted by Gasteiger charge is 2.24. The van der Waals surface area contributed by atoms with E-state index < -0.39 is 0 Å². The highest BCUT2D eigenvalue weighted by Crippen LogP contribution is 2.24. The van der Waals surface area contributed by atoms with Crippen molar-refractivity contribution in [2.24, 2.45) is 5.73 Å². The average molecular weight is 248 g/mol. The Kier molecular flexibility index (Phi) is 3.91. The molecule has 0 saturated carbocycles. The molecule has 1 atom stereocenters. The van der Waals surface area contributed by atoms with Gasteiger partial charge in [-0.15, -0.1) is 0 Å². The molecule has 0 radical (unpaired) electrons. The average Bonchev–Trinajstić information content (AvgIpc) is 2.27. The first kappa shape index (κ1) is 13.0. The van der Waals surface area contributed by atoms with Gasteiger partial charge in [-0.05, 0) is 39.3 Å². The topological polar surface area (TPSA) is 72.1 Å². The van der Waals surface area contributed by atoms with Crippen LogP contribution in [0, 0.1) is 13.8 Å². The summed E-state index contributed by atoms with van der Waals surface area (Å²) in [5.41, 5.74) is 7.25. The van der Waals surface area contributed by atoms with Gasteiger partial charge in [0.05, 0.1) is 6.54 Å². The summed E-state index contributed by atoms with van der Waals surface area (Å²) in [7, 11) is 0. The molecule has 1 aliphatic rings. The smallest absolute Gasteiger partial charge is 0.231 e. The normalized spacial score (nSPS) is 20.9. The van der Waals surface area contributed by atoms with Crippen molar-refractivity contribution in [1.29, 1.82) is 0 Å². The van der Waals surface area contributed by atoms with E-state index in [-0.39, 0.29) is 5.91 Å². The molecule has 0 spiro atoms. The lowest BCUT2D eigenvalue weighted by Crippen LogP contribution is -2.40. The van der Waals surface area contributed by atoms with Crippen LogP contribution in [0.5, 0.6) is 0 Å². The van der Waals surface area contributed by atoms with E-state index in [4.69, 9.17) is 5.73 Å². The number of aryl methyl sites for hydroxylation is 2. The van der Waals surface area contributed by atoms with E-state index >= 15 is 0 Å². The van der Waals surface area contributed by atoms with Gasteiger partial charge in [0.25, 0.3) is 0 Å². The van der Waals surface area contributed by atoms with Crippen LogP contribution >= 0.6 is 0 Å². The fraction of sp³-hybridized carbons (Fsp3) is 0.615. The van der Waals surface area contributed by atoms with Gasteiger partial charge in [-0.2, -0.15) is 0 Å². The molecule has 1 amide bonds. The van der Waals surface area contributed by atoms with Gasteiger partial charge >= 0.3 is 0 Å². The van der Waals surface area contributed by atoms with E-state index in [0.29, 0.717) is 12.5 Å². The Hall–Kier alpha value is -1.49. The van der Waals surface area contributed by atoms with Crippen molar-refractivity contribution in [3.63, 3.8) is 0 Å². The molecule has 5 nitrogen and oxygen atoms in total. The summed E-state index contributed by atoms with van der Waals surface area (Å²) in [6, 6.07) is 1.98. The van der Waals surface area contributed by atoms with Crippen LogP contribution < -0.4 is 5.73 Å². The first-order valence-electron chi connectivity index (χ1n) is 6.37. The molecule has 98 valence electrons. The zero-order chi connectivity index (χ0) is 13.1. The summed E-state index contributed by atoms with van der Waals surface area (Å²) in [6.45, 7) is 6.07. The minimum Gasteiger partial charge on any atom is -0.369 e. The number of carbonyl (C=O) groups excluding carboxylic acids is 1. The Balaban J connectivity index is 2.10. The number of rotatable bonds is 3. The SMILES string of the molecule is Cc1cc(C)nc([C@H]2CCCN(CC(N)=O)C2)n1. The van der Waals surface area contributed by atoms with Crippen molar-refractivity contribution in [2.75, 3.05) is 19.6 Å². The number of hydrogen-bond acceptors (Lipinski definition) is 4. The molecule has 2 N–H and O–H groups in total. The van der Waals surface area contributed by atoms with Crippen molar-refractivity contribution in [2.45, 2.75) is 32.6 Å². The Morgan fingerprint density at radius 2 is 2.11 bits per heavy atom. The molecule has 1 aromatic rings. The third-order valence-electron chi connectivity index (χ3n) is 3.25. The number of nitrogens with two attached hydrogens (primary N) is 1. The number of nitrogens with zero attached hydrogens (tertiary/aromatic N) is 3. The van der Waals surface area contributed by atoms with Gasteiger partial charge in [0.2, 0.25) is 5.91 Å². The van der Waals surface area contributed by atoms with Crippen LogP contribution in [-0.4, -0.2) is 40.4 Å². The summed E-state index contributed by atoms with van der Waals surface area (Å²) in [5, 5.41) is 0. The van der Waals surface area contributed by atoms with Crippen LogP contribution in [-0.2, 0) is 4.79 Å². The predicted molar refractivity (Wildman–Crippen MR) is 69.1 cm³/mol. The fourth-order valence-electron chi connectivity index (χ4n) is 2.57. The monoisotopic (exact) mass is 248 g/mol. The maximum absolute atomic E-state index is 11.0. The van der Waals surface area contributed by atoms with Gasteiger partial charge in [-0.1, -0.05) is 0 Å². The first-order valence-corrected chi connectivity index (χ1v) is 6.37. The lowest BCUT2D eigenvalue weighted by Gasteiger charge is -2.31. The molecule has 2 heterocycles. The lowest BCUT2D eigenvalue weighted by molar-refractivity contribution is -0.119. The van der Waals surface area contributed by atoms with E-state index in [1.54, 1.807) is 0 Å². The molecule has 0 aliphatic carbocycles. The molecule has 0 aromatic carbocycles. The summed E-state index contributed by atoms with van der Waals surface area (Å²) in [4.78, 5) is 22.1. The van der Waals surface area contributed by atoms with Gasteiger partial charge in [-0.3, -0.25) is 9.69 Å². The molecule has 1 saturated heterocycles. The molecule has 2 rings (SSSR count). The molecule has 0 unspecified atom stereocenters. The molecular weight excluding hydrogens is 228 g/mol. The first-order chi connectivity index (χ1) is 8.54. The molecule has 1 aliphatic heterocycles. The Labute approximate surface area is 107 Å². The van der Waals surface area contributed by atoms with Gasteiger partial charge in [0, 0.05) is 23.9 Å². The Morgan fingerprint density at radius 1 is 1.44 bits per heavy atom. The third kappa shape index (κ3) is 3.26. The molecule has 18 heavy (non-hydrogen) atoms. The van der Waals surface area contributed by atoms with Crippen molar-refractivity contribution < 1.29 is 4.79 Å². The minimum atomic E-state index is -0.267. The maximum atomic E-state index is 11.0. The van der Waals surface area contributed by atoms with Crippen molar-refractivity contribution in [1.82, 2.24) is 14.9 Å². The van der Waals surface area contributed by atoms with Crippen LogP contribution in [0.15, 0.2) is 6.07 Å². The zero-order valence-corrected chi connectivity index (χ0v) is 11.0. The van der Waals surface area contributed by atoms with E-state index in [1.807, 2.05) is 19.9 Å². The second kappa shape index (κ2) is 5.44. The molecule has 1 fully saturated rings. The van der Waals surface area contributed by atoms with Crippen LogP contribution in [0.1, 0.15) is 36.0 Å². The molecular formula is C13H20N4O. The zero-order valence-electron chi connectivity index (χ0n) is 11.0. The summed E-state index contributed by atoms with van der Waals surface area (Å²) in [6.07, 6.45) is 2.15. The van der Waals surface area contributed by atoms with E-state index in [2.05, 4.69) is 14.9 Å². The van der Waals surface area contributed by atoms with Crippen molar-refractivity contribution in [3.05, 3.63) is 23.3 Å². The van der Waals surface area contributed by atoms with E-state index in [9.17, 15) is 4.79 Å². The number of amides is 1. The van der Waals surface area contributed by atoms with Gasteiger partial charge in [0.15, 0.2) is 0 Å². The van der Waals surface area contributed by atoms with Gasteiger partial charge in [0.1, 0.15) is 5.82 Å². The highest BCUT2D eigenvalue weighted by molar-refractivity contribution is 5.75. The quantitative estimate of drug-likeness (QED) is 0.857. The number of likely N-dealkylation sites (tertiary alicyclic amines) is 1. The molecule has 1 aromatic heterocycles. The maximum Gasteiger partial charge on any atom is 0.231 e. The Morgan fingerprint density at radius 3 is 2.72 bits per heavy atom. The second-order valence-electron chi connectivity index (χ2n) is 5.05. The van der Waals surface area contributed by atoms with Crippen molar-refractivity contribution in [3.8, 4) is 0 Å². The number of primary amides is 1. The van der Waals surface area contributed by atoms with Gasteiger partial charge < -0.3 is 5.73 Å². The largest absolute Gasteiger partial charge is 0.369 e. The van der Waals surface area contributed by atoms with Crippen LogP contribution in [0.2, 0.25) is 0 Å². The van der Waals surface area contributed by atoms with Gasteiger partial charge in [-0.25, -0.2) is 9.97 Å².